The van der Waals surface area contributed by atoms with Gasteiger partial charge in [0.2, 0.25) is 5.91 Å². The number of amides is 1. The van der Waals surface area contributed by atoms with Gasteiger partial charge in [-0.1, -0.05) is 281 Å². The van der Waals surface area contributed by atoms with Gasteiger partial charge in [-0.2, -0.15) is 0 Å². The molecule has 3 atom stereocenters. The second-order valence-corrected chi connectivity index (χ2v) is 24.2. The molecule has 0 aromatic carbocycles. The summed E-state index contributed by atoms with van der Waals surface area (Å²) in [5, 5.41) is 13.9. The zero-order valence-corrected chi connectivity index (χ0v) is 50.0. The van der Waals surface area contributed by atoms with Crippen molar-refractivity contribution in [3.63, 3.8) is 0 Å². The Morgan fingerprint density at radius 1 is 0.466 bits per heavy atom. The van der Waals surface area contributed by atoms with E-state index in [1.54, 1.807) is 6.08 Å². The summed E-state index contributed by atoms with van der Waals surface area (Å²) in [4.78, 5) is 23.3. The van der Waals surface area contributed by atoms with Gasteiger partial charge in [-0.25, -0.2) is 4.57 Å². The second-order valence-electron chi connectivity index (χ2n) is 22.8. The quantitative estimate of drug-likeness (QED) is 0.0243. The monoisotopic (exact) mass is 1050 g/mol. The number of hydrogen-bond acceptors (Lipinski definition) is 5. The molecule has 0 rings (SSSR count). The summed E-state index contributed by atoms with van der Waals surface area (Å²) in [6, 6.07) is -0.862. The van der Waals surface area contributed by atoms with Crippen LogP contribution in [0.25, 0.3) is 0 Å². The number of rotatable bonds is 58. The fourth-order valence-electron chi connectivity index (χ4n) is 9.33. The number of carbonyl (C=O) groups is 1. The first-order chi connectivity index (χ1) is 35.5. The first-order valence-electron chi connectivity index (χ1n) is 31.5. The first-order valence-corrected chi connectivity index (χ1v) is 33.0. The lowest BCUT2D eigenvalue weighted by molar-refractivity contribution is -0.870. The second kappa shape index (κ2) is 55.2. The number of allylic oxidation sites excluding steroid dienone is 7. The van der Waals surface area contributed by atoms with Gasteiger partial charge in [-0.15, -0.1) is 0 Å². The highest BCUT2D eigenvalue weighted by molar-refractivity contribution is 7.47. The molecule has 0 aliphatic heterocycles. The van der Waals surface area contributed by atoms with Gasteiger partial charge < -0.3 is 19.8 Å². The van der Waals surface area contributed by atoms with E-state index in [0.717, 1.165) is 44.9 Å². The SMILES string of the molecule is CCCCCCC/C=C\C/C=C\CCCCCCCCCCCCCCCCCCCCCCCCCC(=O)NC(COP(=O)(O)OCC[N+](C)(C)C)C(O)/C=C/CC/C=C/CCCCCCCCCCCC. The molecular formula is C64H124N2O6P+. The average molecular weight is 1050 g/mol. The van der Waals surface area contributed by atoms with Crippen molar-refractivity contribution in [1.29, 1.82) is 0 Å². The number of phosphoric ester groups is 1. The van der Waals surface area contributed by atoms with Crippen LogP contribution in [0, 0.1) is 0 Å². The van der Waals surface area contributed by atoms with Crippen LogP contribution in [0.5, 0.6) is 0 Å². The number of unbranched alkanes of at least 4 members (excludes halogenated alkanes) is 39. The molecule has 8 nitrogen and oxygen atoms in total. The van der Waals surface area contributed by atoms with Crippen LogP contribution in [0.1, 0.15) is 303 Å². The predicted octanol–water partition coefficient (Wildman–Crippen LogP) is 19.5. The number of likely N-dealkylation sites (N-methyl/N-ethyl adjacent to an activating group) is 1. The first kappa shape index (κ1) is 71.5. The smallest absolute Gasteiger partial charge is 0.387 e. The van der Waals surface area contributed by atoms with Crippen molar-refractivity contribution >= 4 is 13.7 Å². The lowest BCUT2D eigenvalue weighted by Crippen LogP contribution is -2.45. The average Bonchev–Trinajstić information content (AvgIpc) is 3.35. The van der Waals surface area contributed by atoms with E-state index in [1.807, 2.05) is 27.2 Å². The van der Waals surface area contributed by atoms with E-state index in [0.29, 0.717) is 17.4 Å². The number of carbonyl (C=O) groups excluding carboxylic acids is 1. The molecule has 0 saturated carbocycles. The fraction of sp³-hybridized carbons (Fsp3) is 0.859. The fourth-order valence-corrected chi connectivity index (χ4v) is 10.1. The highest BCUT2D eigenvalue weighted by atomic mass is 31.2. The molecule has 0 radical (unpaired) electrons. The van der Waals surface area contributed by atoms with Crippen LogP contribution in [0.15, 0.2) is 48.6 Å². The normalized spacial score (nSPS) is 14.1. The van der Waals surface area contributed by atoms with E-state index in [2.05, 4.69) is 55.6 Å². The minimum Gasteiger partial charge on any atom is -0.387 e. The minimum atomic E-state index is -4.35. The van der Waals surface area contributed by atoms with Gasteiger partial charge in [-0.05, 0) is 64.2 Å². The van der Waals surface area contributed by atoms with Gasteiger partial charge >= 0.3 is 7.82 Å². The third-order valence-corrected chi connectivity index (χ3v) is 15.3. The maximum absolute atomic E-state index is 13.0. The third-order valence-electron chi connectivity index (χ3n) is 14.3. The van der Waals surface area contributed by atoms with Crippen molar-refractivity contribution in [2.45, 2.75) is 315 Å². The molecule has 0 heterocycles. The molecule has 0 spiro atoms. The van der Waals surface area contributed by atoms with Gasteiger partial charge in [0.1, 0.15) is 13.2 Å². The number of aliphatic hydroxyl groups is 1. The van der Waals surface area contributed by atoms with Crippen LogP contribution in [-0.4, -0.2) is 73.4 Å². The van der Waals surface area contributed by atoms with E-state index in [1.165, 1.54) is 238 Å². The Hall–Kier alpha value is -1.54. The van der Waals surface area contributed by atoms with Crippen molar-refractivity contribution in [3.05, 3.63) is 48.6 Å². The van der Waals surface area contributed by atoms with Gasteiger partial charge in [-0.3, -0.25) is 13.8 Å². The van der Waals surface area contributed by atoms with Crippen LogP contribution >= 0.6 is 7.82 Å². The van der Waals surface area contributed by atoms with E-state index >= 15 is 0 Å². The Balaban J connectivity index is 4.00. The van der Waals surface area contributed by atoms with Crippen LogP contribution in [0.2, 0.25) is 0 Å². The standard InChI is InChI=1S/C64H123N2O6P/c1-6-8-10-12-14-16-18-20-22-24-25-26-27-28-29-30-31-32-33-34-35-36-37-38-39-40-41-42-44-46-48-50-52-54-56-58-64(68)65-62(61-72-73(69,70)71-60-59-66(3,4)5)63(67)57-55-53-51-49-47-45-43-23-21-19-17-15-13-11-9-7-2/h18,20,24-25,47,49,55,57,62-63,67H,6-17,19,21-23,26-46,48,50-54,56,58-61H2,1-5H3,(H-,65,68,69,70)/p+1/b20-18-,25-24-,49-47+,57-55+. The van der Waals surface area contributed by atoms with Crippen LogP contribution in [0.4, 0.5) is 0 Å². The van der Waals surface area contributed by atoms with E-state index < -0.39 is 20.0 Å². The summed E-state index contributed by atoms with van der Waals surface area (Å²) in [5.74, 6) is -0.182. The maximum atomic E-state index is 13.0. The minimum absolute atomic E-state index is 0.0572. The van der Waals surface area contributed by atoms with E-state index in [9.17, 15) is 19.4 Å². The summed E-state index contributed by atoms with van der Waals surface area (Å²) in [6.07, 6.45) is 73.9. The molecule has 9 heteroatoms. The van der Waals surface area contributed by atoms with Crippen LogP contribution < -0.4 is 5.32 Å². The molecule has 430 valence electrons. The van der Waals surface area contributed by atoms with Crippen molar-refractivity contribution in [3.8, 4) is 0 Å². The lowest BCUT2D eigenvalue weighted by atomic mass is 10.0. The third kappa shape index (κ3) is 58.0. The highest BCUT2D eigenvalue weighted by Crippen LogP contribution is 2.43. The molecule has 0 saturated heterocycles. The summed E-state index contributed by atoms with van der Waals surface area (Å²) in [5.41, 5.74) is 0. The number of aliphatic hydroxyl groups excluding tert-OH is 1. The van der Waals surface area contributed by atoms with Crippen LogP contribution in [0.3, 0.4) is 0 Å². The zero-order chi connectivity index (χ0) is 53.5. The molecule has 0 aromatic rings. The lowest BCUT2D eigenvalue weighted by Gasteiger charge is -2.25. The van der Waals surface area contributed by atoms with E-state index in [4.69, 9.17) is 9.05 Å². The van der Waals surface area contributed by atoms with Crippen molar-refractivity contribution < 1.29 is 32.9 Å². The van der Waals surface area contributed by atoms with Gasteiger partial charge in [0.25, 0.3) is 0 Å². The molecule has 3 N–H and O–H groups in total. The number of nitrogens with one attached hydrogen (secondary N) is 1. The van der Waals surface area contributed by atoms with E-state index in [-0.39, 0.29) is 19.1 Å². The maximum Gasteiger partial charge on any atom is 0.472 e. The Morgan fingerprint density at radius 3 is 1.18 bits per heavy atom. The summed E-state index contributed by atoms with van der Waals surface area (Å²) in [7, 11) is 1.56. The summed E-state index contributed by atoms with van der Waals surface area (Å²) < 4.78 is 23.7. The topological polar surface area (TPSA) is 105 Å². The Kier molecular flexibility index (Phi) is 54.1. The Labute approximate surface area is 454 Å². The van der Waals surface area contributed by atoms with Crippen molar-refractivity contribution in [2.75, 3.05) is 40.9 Å². The van der Waals surface area contributed by atoms with Crippen molar-refractivity contribution in [2.24, 2.45) is 0 Å². The molecular weight excluding hydrogens is 924 g/mol. The van der Waals surface area contributed by atoms with Crippen molar-refractivity contribution in [1.82, 2.24) is 5.32 Å². The number of quaternary nitrogens is 1. The number of nitrogens with zero attached hydrogens (tertiary/aromatic N) is 1. The molecule has 0 aliphatic carbocycles. The predicted molar refractivity (Wildman–Crippen MR) is 318 cm³/mol. The highest BCUT2D eigenvalue weighted by Gasteiger charge is 2.27. The largest absolute Gasteiger partial charge is 0.472 e. The number of phosphoric acid groups is 1. The molecule has 0 aromatic heterocycles. The van der Waals surface area contributed by atoms with Gasteiger partial charge in [0.05, 0.1) is 39.9 Å². The Morgan fingerprint density at radius 2 is 0.795 bits per heavy atom. The summed E-state index contributed by atoms with van der Waals surface area (Å²) >= 11 is 0. The van der Waals surface area contributed by atoms with Crippen LogP contribution in [-0.2, 0) is 18.4 Å². The zero-order valence-electron chi connectivity index (χ0n) is 49.1. The molecule has 1 amide bonds. The molecule has 0 bridgehead atoms. The van der Waals surface area contributed by atoms with Gasteiger partial charge in [0.15, 0.2) is 0 Å². The van der Waals surface area contributed by atoms with Gasteiger partial charge in [0, 0.05) is 6.42 Å². The summed E-state index contributed by atoms with van der Waals surface area (Å²) in [6.45, 7) is 4.81. The molecule has 3 unspecified atom stereocenters. The molecule has 0 fully saturated rings. The molecule has 0 aliphatic rings. The number of hydrogen-bond donors (Lipinski definition) is 3. The Bertz CT molecular complexity index is 1330. The molecule has 73 heavy (non-hydrogen) atoms.